The fourth-order valence-corrected chi connectivity index (χ4v) is 3.11. The van der Waals surface area contributed by atoms with E-state index in [9.17, 15) is 14.7 Å². The SMILES string of the molecule is CC1(C(=O)O)CCN(C(=O)Cc2c[nH]c3nccc(Cl)c23)C1. The Balaban J connectivity index is 1.79. The molecule has 1 aliphatic heterocycles. The minimum absolute atomic E-state index is 0.0919. The molecule has 3 heterocycles. The Hall–Kier alpha value is -2.08. The summed E-state index contributed by atoms with van der Waals surface area (Å²) < 4.78 is 0. The molecule has 116 valence electrons. The number of fused-ring (bicyclic) bond motifs is 1. The largest absolute Gasteiger partial charge is 0.481 e. The number of carbonyl (C=O) groups is 2. The molecule has 1 unspecified atom stereocenters. The van der Waals surface area contributed by atoms with Crippen molar-refractivity contribution < 1.29 is 14.7 Å². The lowest BCUT2D eigenvalue weighted by Gasteiger charge is -2.20. The van der Waals surface area contributed by atoms with Crippen LogP contribution in [0.4, 0.5) is 0 Å². The molecular weight excluding hydrogens is 306 g/mol. The molecular formula is C15H16ClN3O3. The number of rotatable bonds is 3. The van der Waals surface area contributed by atoms with E-state index in [0.29, 0.717) is 23.6 Å². The molecule has 0 spiro atoms. The summed E-state index contributed by atoms with van der Waals surface area (Å²) in [5.41, 5.74) is 0.573. The van der Waals surface area contributed by atoms with Crippen LogP contribution in [0.25, 0.3) is 11.0 Å². The van der Waals surface area contributed by atoms with Crippen molar-refractivity contribution in [1.82, 2.24) is 14.9 Å². The van der Waals surface area contributed by atoms with Crippen molar-refractivity contribution in [3.63, 3.8) is 0 Å². The van der Waals surface area contributed by atoms with Gasteiger partial charge in [0.25, 0.3) is 0 Å². The van der Waals surface area contributed by atoms with Gasteiger partial charge in [-0.2, -0.15) is 0 Å². The number of halogens is 1. The van der Waals surface area contributed by atoms with Gasteiger partial charge < -0.3 is 15.0 Å². The Morgan fingerprint density at radius 1 is 1.55 bits per heavy atom. The maximum atomic E-state index is 12.4. The predicted octanol–water partition coefficient (Wildman–Crippen LogP) is 2.08. The van der Waals surface area contributed by atoms with E-state index in [-0.39, 0.29) is 18.9 Å². The number of nitrogens with zero attached hydrogens (tertiary/aromatic N) is 2. The molecule has 1 fully saturated rings. The van der Waals surface area contributed by atoms with Gasteiger partial charge in [0.1, 0.15) is 5.65 Å². The number of amides is 1. The smallest absolute Gasteiger partial charge is 0.311 e. The first kappa shape index (κ1) is 14.8. The zero-order valence-electron chi connectivity index (χ0n) is 12.1. The minimum atomic E-state index is -0.859. The molecule has 2 aromatic heterocycles. The third kappa shape index (κ3) is 2.43. The average molecular weight is 322 g/mol. The Morgan fingerprint density at radius 2 is 2.32 bits per heavy atom. The summed E-state index contributed by atoms with van der Waals surface area (Å²) in [6.45, 7) is 2.39. The number of likely N-dealkylation sites (tertiary alicyclic amines) is 1. The summed E-state index contributed by atoms with van der Waals surface area (Å²) in [7, 11) is 0. The molecule has 0 bridgehead atoms. The van der Waals surface area contributed by atoms with Crippen LogP contribution in [0.2, 0.25) is 5.02 Å². The summed E-state index contributed by atoms with van der Waals surface area (Å²) in [4.78, 5) is 32.5. The number of aromatic nitrogens is 2. The van der Waals surface area contributed by atoms with Gasteiger partial charge in [0.15, 0.2) is 0 Å². The van der Waals surface area contributed by atoms with Gasteiger partial charge in [-0.05, 0) is 25.0 Å². The second kappa shape index (κ2) is 5.28. The zero-order chi connectivity index (χ0) is 15.9. The van der Waals surface area contributed by atoms with Crippen molar-refractivity contribution in [1.29, 1.82) is 0 Å². The second-order valence-electron chi connectivity index (χ2n) is 5.94. The van der Waals surface area contributed by atoms with Crippen LogP contribution in [0.15, 0.2) is 18.5 Å². The minimum Gasteiger partial charge on any atom is -0.481 e. The molecule has 0 aliphatic carbocycles. The highest BCUT2D eigenvalue weighted by molar-refractivity contribution is 6.35. The van der Waals surface area contributed by atoms with Crippen LogP contribution in [0, 0.1) is 5.41 Å². The Kier molecular flexibility index (Phi) is 3.56. The number of aromatic amines is 1. The molecule has 0 radical (unpaired) electrons. The topological polar surface area (TPSA) is 86.3 Å². The number of hydrogen-bond acceptors (Lipinski definition) is 3. The molecule has 7 heteroatoms. The van der Waals surface area contributed by atoms with E-state index in [1.165, 1.54) is 0 Å². The second-order valence-corrected chi connectivity index (χ2v) is 6.35. The highest BCUT2D eigenvalue weighted by atomic mass is 35.5. The van der Waals surface area contributed by atoms with E-state index >= 15 is 0 Å². The first-order valence-electron chi connectivity index (χ1n) is 7.02. The van der Waals surface area contributed by atoms with Crippen molar-refractivity contribution >= 4 is 34.5 Å². The molecule has 0 saturated carbocycles. The van der Waals surface area contributed by atoms with Crippen LogP contribution in [0.5, 0.6) is 0 Å². The van der Waals surface area contributed by atoms with E-state index < -0.39 is 11.4 Å². The molecule has 2 aromatic rings. The van der Waals surface area contributed by atoms with Crippen LogP contribution in [0.1, 0.15) is 18.9 Å². The number of carbonyl (C=O) groups excluding carboxylic acids is 1. The van der Waals surface area contributed by atoms with E-state index in [2.05, 4.69) is 9.97 Å². The predicted molar refractivity (Wildman–Crippen MR) is 81.7 cm³/mol. The summed E-state index contributed by atoms with van der Waals surface area (Å²) in [5, 5.41) is 10.5. The van der Waals surface area contributed by atoms with Gasteiger partial charge in [0.2, 0.25) is 5.91 Å². The lowest BCUT2D eigenvalue weighted by atomic mass is 9.90. The number of carboxylic acids is 1. The summed E-state index contributed by atoms with van der Waals surface area (Å²) >= 11 is 6.17. The third-order valence-corrected chi connectivity index (χ3v) is 4.60. The molecule has 2 N–H and O–H groups in total. The summed E-state index contributed by atoms with van der Waals surface area (Å²) in [6.07, 6.45) is 3.99. The standard InChI is InChI=1S/C15H16ClN3O3/c1-15(14(21)22)3-5-19(8-15)11(20)6-9-7-18-13-12(9)10(16)2-4-17-13/h2,4,7H,3,5-6,8H2,1H3,(H,17,18)(H,21,22). The maximum Gasteiger partial charge on any atom is 0.311 e. The fraction of sp³-hybridized carbons (Fsp3) is 0.400. The van der Waals surface area contributed by atoms with Crippen molar-refractivity contribution in [3.8, 4) is 0 Å². The molecule has 1 saturated heterocycles. The van der Waals surface area contributed by atoms with Gasteiger partial charge in [-0.15, -0.1) is 0 Å². The van der Waals surface area contributed by atoms with Crippen molar-refractivity contribution in [2.45, 2.75) is 19.8 Å². The molecule has 1 atom stereocenters. The molecule has 22 heavy (non-hydrogen) atoms. The van der Waals surface area contributed by atoms with E-state index in [0.717, 1.165) is 10.9 Å². The van der Waals surface area contributed by atoms with Gasteiger partial charge >= 0.3 is 5.97 Å². The zero-order valence-corrected chi connectivity index (χ0v) is 12.9. The maximum absolute atomic E-state index is 12.4. The van der Waals surface area contributed by atoms with Crippen molar-refractivity contribution in [3.05, 3.63) is 29.0 Å². The summed E-state index contributed by atoms with van der Waals surface area (Å²) in [5.74, 6) is -0.951. The molecule has 1 aliphatic rings. The first-order valence-corrected chi connectivity index (χ1v) is 7.40. The Bertz CT molecular complexity index is 758. The van der Waals surface area contributed by atoms with Gasteiger partial charge in [0, 0.05) is 30.9 Å². The van der Waals surface area contributed by atoms with Crippen molar-refractivity contribution in [2.24, 2.45) is 5.41 Å². The molecule has 3 rings (SSSR count). The highest BCUT2D eigenvalue weighted by Crippen LogP contribution is 2.31. The van der Waals surface area contributed by atoms with Crippen molar-refractivity contribution in [2.75, 3.05) is 13.1 Å². The van der Waals surface area contributed by atoms with Crippen LogP contribution in [-0.2, 0) is 16.0 Å². The van der Waals surface area contributed by atoms with E-state index in [4.69, 9.17) is 11.6 Å². The van der Waals surface area contributed by atoms with Gasteiger partial charge in [-0.25, -0.2) is 4.98 Å². The highest BCUT2D eigenvalue weighted by Gasteiger charge is 2.42. The fourth-order valence-electron chi connectivity index (χ4n) is 2.84. The number of nitrogens with one attached hydrogen (secondary N) is 1. The van der Waals surface area contributed by atoms with Crippen LogP contribution in [-0.4, -0.2) is 44.9 Å². The monoisotopic (exact) mass is 321 g/mol. The lowest BCUT2D eigenvalue weighted by molar-refractivity contribution is -0.147. The van der Waals surface area contributed by atoms with Gasteiger partial charge in [-0.1, -0.05) is 11.6 Å². The average Bonchev–Trinajstić information content (AvgIpc) is 3.05. The van der Waals surface area contributed by atoms with E-state index in [1.807, 2.05) is 0 Å². The number of hydrogen-bond donors (Lipinski definition) is 2. The third-order valence-electron chi connectivity index (χ3n) is 4.29. The van der Waals surface area contributed by atoms with Gasteiger partial charge in [-0.3, -0.25) is 9.59 Å². The molecule has 0 aromatic carbocycles. The quantitative estimate of drug-likeness (QED) is 0.906. The van der Waals surface area contributed by atoms with Gasteiger partial charge in [0.05, 0.1) is 16.9 Å². The lowest BCUT2D eigenvalue weighted by Crippen LogP contribution is -2.35. The molecule has 6 nitrogen and oxygen atoms in total. The normalized spacial score (nSPS) is 21.5. The summed E-state index contributed by atoms with van der Waals surface area (Å²) in [6, 6.07) is 1.68. The number of H-pyrrole nitrogens is 1. The Labute approximate surface area is 132 Å². The van der Waals surface area contributed by atoms with Crippen LogP contribution >= 0.6 is 11.6 Å². The Morgan fingerprint density at radius 3 is 3.00 bits per heavy atom. The molecule has 1 amide bonds. The number of aliphatic carboxylic acids is 1. The van der Waals surface area contributed by atoms with E-state index in [1.54, 1.807) is 30.3 Å². The number of pyridine rings is 1. The first-order chi connectivity index (χ1) is 10.4. The van der Waals surface area contributed by atoms with Crippen LogP contribution in [0.3, 0.4) is 0 Å². The number of carboxylic acid groups (broad SMARTS) is 1. The van der Waals surface area contributed by atoms with Crippen LogP contribution < -0.4 is 0 Å².